The van der Waals surface area contributed by atoms with Crippen LogP contribution in [0.4, 0.5) is 4.39 Å². The van der Waals surface area contributed by atoms with E-state index in [0.29, 0.717) is 35.7 Å². The highest BCUT2D eigenvalue weighted by Crippen LogP contribution is 2.27. The standard InChI is InChI=1S/C29H36FN3O4/c1-20-16-33(21(2)19-34)29(35)26-14-24(5-4-22-6-8-25(30)9-7-22)15-31-28(26)37-27(20)18-32(3)17-23-10-12-36-13-11-23/h6-9,14-15,20-21,23,27,34H,10-13,16-19H2,1-3H3/t20-,21+,27-/m1/s1. The number of aromatic nitrogens is 1. The van der Waals surface area contributed by atoms with Crippen molar-refractivity contribution < 1.29 is 23.8 Å². The summed E-state index contributed by atoms with van der Waals surface area (Å²) in [4.78, 5) is 22.1. The summed E-state index contributed by atoms with van der Waals surface area (Å²) in [6.45, 7) is 7.52. The number of nitrogens with zero attached hydrogens (tertiary/aromatic N) is 3. The zero-order chi connectivity index (χ0) is 26.4. The summed E-state index contributed by atoms with van der Waals surface area (Å²) in [6, 6.07) is 7.26. The number of likely N-dealkylation sites (N-methyl/N-ethyl adjacent to an activating group) is 1. The number of hydrogen-bond donors (Lipinski definition) is 1. The number of carbonyl (C=O) groups excluding carboxylic acids is 1. The minimum atomic E-state index is -0.351. The Balaban J connectivity index is 1.59. The van der Waals surface area contributed by atoms with Gasteiger partial charge in [0, 0.05) is 56.1 Å². The van der Waals surface area contributed by atoms with Crippen molar-refractivity contribution in [2.24, 2.45) is 11.8 Å². The Morgan fingerprint density at radius 1 is 1.19 bits per heavy atom. The maximum absolute atomic E-state index is 13.6. The van der Waals surface area contributed by atoms with Crippen molar-refractivity contribution in [3.63, 3.8) is 0 Å². The molecule has 3 atom stereocenters. The molecule has 4 rings (SSSR count). The predicted molar refractivity (Wildman–Crippen MR) is 139 cm³/mol. The Hall–Kier alpha value is -2.99. The number of aliphatic hydroxyl groups excluding tert-OH is 1. The summed E-state index contributed by atoms with van der Waals surface area (Å²) in [7, 11) is 2.10. The van der Waals surface area contributed by atoms with Crippen LogP contribution in [0.25, 0.3) is 0 Å². The van der Waals surface area contributed by atoms with Gasteiger partial charge < -0.3 is 24.4 Å². The van der Waals surface area contributed by atoms with E-state index >= 15 is 0 Å². The molecule has 0 spiro atoms. The summed E-state index contributed by atoms with van der Waals surface area (Å²) in [5.41, 5.74) is 1.54. The summed E-state index contributed by atoms with van der Waals surface area (Å²) in [5, 5.41) is 9.87. The van der Waals surface area contributed by atoms with Crippen LogP contribution in [-0.2, 0) is 4.74 Å². The average molecular weight is 510 g/mol. The van der Waals surface area contributed by atoms with Gasteiger partial charge in [-0.3, -0.25) is 4.79 Å². The average Bonchev–Trinajstić information content (AvgIpc) is 2.90. The Morgan fingerprint density at radius 3 is 2.59 bits per heavy atom. The minimum Gasteiger partial charge on any atom is -0.472 e. The molecule has 0 unspecified atom stereocenters. The highest BCUT2D eigenvalue weighted by atomic mass is 19.1. The first kappa shape index (κ1) is 27.1. The number of carbonyl (C=O) groups is 1. The fourth-order valence-corrected chi connectivity index (χ4v) is 4.82. The first-order valence-electron chi connectivity index (χ1n) is 13.0. The van der Waals surface area contributed by atoms with Gasteiger partial charge in [0.15, 0.2) is 0 Å². The van der Waals surface area contributed by atoms with Crippen molar-refractivity contribution in [1.29, 1.82) is 0 Å². The van der Waals surface area contributed by atoms with Crippen molar-refractivity contribution >= 4 is 5.91 Å². The van der Waals surface area contributed by atoms with Gasteiger partial charge in [-0.1, -0.05) is 18.8 Å². The molecule has 37 heavy (non-hydrogen) atoms. The van der Waals surface area contributed by atoms with E-state index in [1.165, 1.54) is 12.1 Å². The Labute approximate surface area is 218 Å². The molecule has 1 aromatic carbocycles. The molecular weight excluding hydrogens is 473 g/mol. The van der Waals surface area contributed by atoms with E-state index in [0.717, 1.165) is 32.6 Å². The predicted octanol–water partition coefficient (Wildman–Crippen LogP) is 3.20. The molecule has 0 aliphatic carbocycles. The molecule has 0 saturated carbocycles. The van der Waals surface area contributed by atoms with Gasteiger partial charge in [-0.05, 0) is 63.1 Å². The Kier molecular flexibility index (Phi) is 9.14. The zero-order valence-electron chi connectivity index (χ0n) is 21.8. The lowest BCUT2D eigenvalue weighted by Crippen LogP contribution is -2.50. The van der Waals surface area contributed by atoms with Crippen LogP contribution >= 0.6 is 0 Å². The maximum Gasteiger partial charge on any atom is 0.259 e. The second-order valence-corrected chi connectivity index (χ2v) is 10.2. The van der Waals surface area contributed by atoms with Crippen LogP contribution < -0.4 is 4.74 Å². The zero-order valence-corrected chi connectivity index (χ0v) is 21.8. The monoisotopic (exact) mass is 509 g/mol. The third-order valence-corrected chi connectivity index (χ3v) is 7.12. The van der Waals surface area contributed by atoms with Crippen molar-refractivity contribution in [2.75, 3.05) is 46.5 Å². The van der Waals surface area contributed by atoms with E-state index < -0.39 is 0 Å². The molecule has 1 amide bonds. The van der Waals surface area contributed by atoms with Crippen molar-refractivity contribution in [3.8, 4) is 17.7 Å². The van der Waals surface area contributed by atoms with Gasteiger partial charge in [0.25, 0.3) is 5.91 Å². The van der Waals surface area contributed by atoms with E-state index in [2.05, 4.69) is 35.7 Å². The number of ether oxygens (including phenoxy) is 2. The number of hydrogen-bond acceptors (Lipinski definition) is 6. The van der Waals surface area contributed by atoms with Gasteiger partial charge in [-0.15, -0.1) is 0 Å². The quantitative estimate of drug-likeness (QED) is 0.603. The molecule has 8 heteroatoms. The van der Waals surface area contributed by atoms with Gasteiger partial charge in [0.2, 0.25) is 5.88 Å². The number of amides is 1. The van der Waals surface area contributed by atoms with Crippen molar-refractivity contribution in [1.82, 2.24) is 14.8 Å². The molecule has 3 heterocycles. The highest BCUT2D eigenvalue weighted by molar-refractivity contribution is 5.97. The minimum absolute atomic E-state index is 0.0305. The largest absolute Gasteiger partial charge is 0.472 e. The van der Waals surface area contributed by atoms with Crippen LogP contribution in [0.1, 0.15) is 48.2 Å². The molecule has 1 fully saturated rings. The summed E-state index contributed by atoms with van der Waals surface area (Å²) >= 11 is 0. The second kappa shape index (κ2) is 12.5. The fourth-order valence-electron chi connectivity index (χ4n) is 4.82. The van der Waals surface area contributed by atoms with Crippen LogP contribution in [0.2, 0.25) is 0 Å². The number of pyridine rings is 1. The molecule has 0 radical (unpaired) electrons. The topological polar surface area (TPSA) is 75.1 Å². The maximum atomic E-state index is 13.6. The van der Waals surface area contributed by atoms with Gasteiger partial charge in [-0.25, -0.2) is 9.37 Å². The molecule has 2 aliphatic heterocycles. The van der Waals surface area contributed by atoms with Gasteiger partial charge in [0.1, 0.15) is 17.5 Å². The van der Waals surface area contributed by atoms with E-state index in [9.17, 15) is 14.3 Å². The third kappa shape index (κ3) is 7.07. The number of rotatable bonds is 6. The van der Waals surface area contributed by atoms with Crippen molar-refractivity contribution in [2.45, 2.75) is 38.8 Å². The van der Waals surface area contributed by atoms with E-state index in [-0.39, 0.29) is 42.3 Å². The number of halogens is 1. The van der Waals surface area contributed by atoms with Gasteiger partial charge in [0.05, 0.1) is 12.6 Å². The fraction of sp³-hybridized carbons (Fsp3) is 0.517. The SMILES string of the molecule is C[C@@H]1CN([C@@H](C)CO)C(=O)c2cc(C#Cc3ccc(F)cc3)cnc2O[C@@H]1CN(C)CC1CCOCC1. The molecular formula is C29H36FN3O4. The normalized spacial score (nSPS) is 21.4. The van der Waals surface area contributed by atoms with Crippen molar-refractivity contribution in [3.05, 3.63) is 59.0 Å². The van der Waals surface area contributed by atoms with Crippen LogP contribution in [0.15, 0.2) is 36.5 Å². The smallest absolute Gasteiger partial charge is 0.259 e. The second-order valence-electron chi connectivity index (χ2n) is 10.2. The van der Waals surface area contributed by atoms with Crippen LogP contribution in [0.5, 0.6) is 5.88 Å². The molecule has 1 saturated heterocycles. The van der Waals surface area contributed by atoms with E-state index in [4.69, 9.17) is 9.47 Å². The molecule has 198 valence electrons. The lowest BCUT2D eigenvalue weighted by Gasteiger charge is -2.38. The molecule has 1 N–H and O–H groups in total. The van der Waals surface area contributed by atoms with Crippen LogP contribution in [0, 0.1) is 29.5 Å². The Morgan fingerprint density at radius 2 is 1.89 bits per heavy atom. The summed E-state index contributed by atoms with van der Waals surface area (Å²) < 4.78 is 25.1. The first-order chi connectivity index (χ1) is 17.8. The summed E-state index contributed by atoms with van der Waals surface area (Å²) in [6.07, 6.45) is 3.54. The Bertz CT molecular complexity index is 1120. The van der Waals surface area contributed by atoms with Gasteiger partial charge >= 0.3 is 0 Å². The lowest BCUT2D eigenvalue weighted by molar-refractivity contribution is 0.0254. The number of benzene rings is 1. The third-order valence-electron chi connectivity index (χ3n) is 7.12. The number of aliphatic hydroxyl groups is 1. The first-order valence-corrected chi connectivity index (χ1v) is 13.0. The molecule has 0 bridgehead atoms. The van der Waals surface area contributed by atoms with Crippen LogP contribution in [0.3, 0.4) is 0 Å². The lowest BCUT2D eigenvalue weighted by atomic mass is 9.97. The van der Waals surface area contributed by atoms with E-state index in [1.807, 2.05) is 6.92 Å². The van der Waals surface area contributed by atoms with Gasteiger partial charge in [-0.2, -0.15) is 0 Å². The molecule has 1 aromatic heterocycles. The highest BCUT2D eigenvalue weighted by Gasteiger charge is 2.34. The molecule has 7 nitrogen and oxygen atoms in total. The van der Waals surface area contributed by atoms with Crippen LogP contribution in [-0.4, -0.2) is 84.4 Å². The number of fused-ring (bicyclic) bond motifs is 1. The molecule has 2 aliphatic rings. The summed E-state index contributed by atoms with van der Waals surface area (Å²) in [5.74, 6) is 6.35. The molecule has 2 aromatic rings. The van der Waals surface area contributed by atoms with E-state index in [1.54, 1.807) is 29.3 Å².